The first-order valence-electron chi connectivity index (χ1n) is 7.98. The van der Waals surface area contributed by atoms with E-state index in [9.17, 15) is 4.39 Å². The first-order valence-corrected chi connectivity index (χ1v) is 8.78. The molecule has 4 heteroatoms. The van der Waals surface area contributed by atoms with Gasteiger partial charge < -0.3 is 10.3 Å². The molecule has 0 bridgehead atoms. The largest absolute Gasteiger partial charge is 0.357 e. The molecule has 1 aliphatic rings. The van der Waals surface area contributed by atoms with Gasteiger partial charge in [-0.15, -0.1) is 0 Å². The van der Waals surface area contributed by atoms with Crippen LogP contribution < -0.4 is 5.32 Å². The Labute approximate surface area is 143 Å². The molecule has 1 atom stereocenters. The number of H-pyrrole nitrogens is 1. The lowest BCUT2D eigenvalue weighted by Crippen LogP contribution is -2.24. The zero-order valence-electron chi connectivity index (χ0n) is 12.7. The van der Waals surface area contributed by atoms with Crippen LogP contribution in [0, 0.1) is 5.82 Å². The van der Waals surface area contributed by atoms with Gasteiger partial charge >= 0.3 is 0 Å². The Hall–Kier alpha value is -1.65. The van der Waals surface area contributed by atoms with E-state index >= 15 is 0 Å². The van der Waals surface area contributed by atoms with Gasteiger partial charge in [-0.1, -0.05) is 34.1 Å². The Morgan fingerprint density at radius 3 is 2.83 bits per heavy atom. The van der Waals surface area contributed by atoms with Crippen molar-refractivity contribution in [2.75, 3.05) is 0 Å². The highest BCUT2D eigenvalue weighted by atomic mass is 79.9. The van der Waals surface area contributed by atoms with Crippen LogP contribution in [0.25, 0.3) is 10.9 Å². The van der Waals surface area contributed by atoms with Crippen LogP contribution in [-0.4, -0.2) is 4.98 Å². The molecular weight excluding hydrogens is 355 g/mol. The number of aromatic nitrogens is 1. The fourth-order valence-electron chi connectivity index (χ4n) is 3.49. The summed E-state index contributed by atoms with van der Waals surface area (Å²) in [6.45, 7) is 0.753. The molecule has 0 saturated heterocycles. The van der Waals surface area contributed by atoms with Gasteiger partial charge in [0.05, 0.1) is 0 Å². The third kappa shape index (κ3) is 2.93. The SMILES string of the molecule is Fc1ccc(CNC2CCCc3c2[nH]c2cc(Br)ccc32)cc1. The molecule has 0 aliphatic heterocycles. The molecule has 0 radical (unpaired) electrons. The molecule has 0 saturated carbocycles. The lowest BCUT2D eigenvalue weighted by atomic mass is 9.91. The molecule has 0 fully saturated rings. The van der Waals surface area contributed by atoms with Gasteiger partial charge in [-0.25, -0.2) is 4.39 Å². The minimum absolute atomic E-state index is 0.185. The summed E-state index contributed by atoms with van der Waals surface area (Å²) in [5, 5.41) is 4.95. The number of hydrogen-bond acceptors (Lipinski definition) is 1. The Bertz CT molecular complexity index is 838. The second kappa shape index (κ2) is 6.10. The Balaban J connectivity index is 1.60. The van der Waals surface area contributed by atoms with Crippen LogP contribution in [0.4, 0.5) is 4.39 Å². The van der Waals surface area contributed by atoms with Crippen LogP contribution in [-0.2, 0) is 13.0 Å². The number of hydrogen-bond donors (Lipinski definition) is 2. The Kier molecular flexibility index (Phi) is 3.95. The van der Waals surface area contributed by atoms with Crippen molar-refractivity contribution in [1.29, 1.82) is 0 Å². The van der Waals surface area contributed by atoms with Crippen molar-refractivity contribution in [1.82, 2.24) is 10.3 Å². The standard InChI is InChI=1S/C19H18BrFN2/c20-13-6-9-15-16-2-1-3-17(19(16)23-18(15)10-13)22-11-12-4-7-14(21)8-5-12/h4-10,17,22-23H,1-3,11H2. The second-order valence-corrected chi connectivity index (χ2v) is 7.07. The van der Waals surface area contributed by atoms with Crippen molar-refractivity contribution in [3.8, 4) is 0 Å². The van der Waals surface area contributed by atoms with E-state index in [0.29, 0.717) is 6.04 Å². The number of nitrogens with one attached hydrogen (secondary N) is 2. The van der Waals surface area contributed by atoms with E-state index in [-0.39, 0.29) is 5.82 Å². The summed E-state index contributed by atoms with van der Waals surface area (Å²) in [7, 11) is 0. The molecule has 2 N–H and O–H groups in total. The van der Waals surface area contributed by atoms with Crippen LogP contribution in [0.3, 0.4) is 0 Å². The molecule has 3 aromatic rings. The third-order valence-corrected chi connectivity index (χ3v) is 5.13. The lowest BCUT2D eigenvalue weighted by molar-refractivity contribution is 0.452. The Morgan fingerprint density at radius 2 is 2.00 bits per heavy atom. The van der Waals surface area contributed by atoms with Gasteiger partial charge in [0, 0.05) is 33.7 Å². The minimum Gasteiger partial charge on any atom is -0.357 e. The summed E-state index contributed by atoms with van der Waals surface area (Å²) in [4.78, 5) is 3.60. The summed E-state index contributed by atoms with van der Waals surface area (Å²) >= 11 is 3.54. The minimum atomic E-state index is -0.185. The molecule has 118 valence electrons. The zero-order chi connectivity index (χ0) is 15.8. The van der Waals surface area contributed by atoms with Gasteiger partial charge in [0.2, 0.25) is 0 Å². The fraction of sp³-hybridized carbons (Fsp3) is 0.263. The Morgan fingerprint density at radius 1 is 1.17 bits per heavy atom. The molecule has 0 amide bonds. The number of fused-ring (bicyclic) bond motifs is 3. The van der Waals surface area contributed by atoms with Gasteiger partial charge in [-0.3, -0.25) is 0 Å². The molecule has 4 rings (SSSR count). The maximum atomic E-state index is 13.0. The summed E-state index contributed by atoms with van der Waals surface area (Å²) < 4.78 is 14.1. The molecular formula is C19H18BrFN2. The maximum Gasteiger partial charge on any atom is 0.123 e. The number of rotatable bonds is 3. The summed E-state index contributed by atoms with van der Waals surface area (Å²) in [5.74, 6) is -0.185. The fourth-order valence-corrected chi connectivity index (χ4v) is 3.85. The number of benzene rings is 2. The van der Waals surface area contributed by atoms with E-state index in [1.807, 2.05) is 12.1 Å². The lowest BCUT2D eigenvalue weighted by Gasteiger charge is -2.24. The molecule has 1 aliphatic carbocycles. The predicted molar refractivity (Wildman–Crippen MR) is 94.9 cm³/mol. The topological polar surface area (TPSA) is 27.8 Å². The first-order chi connectivity index (χ1) is 11.2. The van der Waals surface area contributed by atoms with Gasteiger partial charge in [-0.05, 0) is 54.7 Å². The predicted octanol–water partition coefficient (Wildman–Crippen LogP) is 5.24. The van der Waals surface area contributed by atoms with Gasteiger partial charge in [0.15, 0.2) is 0 Å². The number of aryl methyl sites for hydroxylation is 1. The first kappa shape index (κ1) is 14.9. The van der Waals surface area contributed by atoms with Crippen LogP contribution in [0.1, 0.15) is 35.7 Å². The number of halogens is 2. The van der Waals surface area contributed by atoms with Crippen molar-refractivity contribution < 1.29 is 4.39 Å². The van der Waals surface area contributed by atoms with E-state index < -0.39 is 0 Å². The van der Waals surface area contributed by atoms with Crippen molar-refractivity contribution in [2.24, 2.45) is 0 Å². The molecule has 2 aromatic carbocycles. The van der Waals surface area contributed by atoms with Gasteiger partial charge in [-0.2, -0.15) is 0 Å². The maximum absolute atomic E-state index is 13.0. The van der Waals surface area contributed by atoms with Gasteiger partial charge in [0.25, 0.3) is 0 Å². The molecule has 2 nitrogen and oxygen atoms in total. The van der Waals surface area contributed by atoms with Crippen molar-refractivity contribution in [3.05, 3.63) is 69.6 Å². The van der Waals surface area contributed by atoms with Crippen molar-refractivity contribution in [2.45, 2.75) is 31.8 Å². The monoisotopic (exact) mass is 372 g/mol. The van der Waals surface area contributed by atoms with Crippen LogP contribution >= 0.6 is 15.9 Å². The summed E-state index contributed by atoms with van der Waals surface area (Å²) in [6.07, 6.45) is 3.45. The molecule has 1 aromatic heterocycles. The van der Waals surface area contributed by atoms with E-state index in [4.69, 9.17) is 0 Å². The summed E-state index contributed by atoms with van der Waals surface area (Å²) in [5.41, 5.74) is 5.05. The highest BCUT2D eigenvalue weighted by Gasteiger charge is 2.23. The number of aromatic amines is 1. The van der Waals surface area contributed by atoms with Crippen molar-refractivity contribution >= 4 is 26.8 Å². The molecule has 0 spiro atoms. The van der Waals surface area contributed by atoms with Crippen LogP contribution in [0.15, 0.2) is 46.9 Å². The molecule has 23 heavy (non-hydrogen) atoms. The summed E-state index contributed by atoms with van der Waals surface area (Å²) in [6, 6.07) is 13.5. The van der Waals surface area contributed by atoms with E-state index in [0.717, 1.165) is 29.4 Å². The molecule has 1 unspecified atom stereocenters. The third-order valence-electron chi connectivity index (χ3n) is 4.64. The quantitative estimate of drug-likeness (QED) is 0.646. The highest BCUT2D eigenvalue weighted by Crippen LogP contribution is 2.35. The second-order valence-electron chi connectivity index (χ2n) is 6.16. The van der Waals surface area contributed by atoms with E-state index in [1.54, 1.807) is 0 Å². The van der Waals surface area contributed by atoms with Crippen LogP contribution in [0.5, 0.6) is 0 Å². The van der Waals surface area contributed by atoms with E-state index in [1.165, 1.54) is 40.7 Å². The zero-order valence-corrected chi connectivity index (χ0v) is 14.3. The average molecular weight is 373 g/mol. The van der Waals surface area contributed by atoms with Crippen molar-refractivity contribution in [3.63, 3.8) is 0 Å². The average Bonchev–Trinajstić information content (AvgIpc) is 2.92. The highest BCUT2D eigenvalue weighted by molar-refractivity contribution is 9.10. The normalized spacial score (nSPS) is 17.4. The smallest absolute Gasteiger partial charge is 0.123 e. The van der Waals surface area contributed by atoms with Gasteiger partial charge in [0.1, 0.15) is 5.82 Å². The van der Waals surface area contributed by atoms with Crippen LogP contribution in [0.2, 0.25) is 0 Å². The molecule has 1 heterocycles. The van der Waals surface area contributed by atoms with E-state index in [2.05, 4.69) is 44.4 Å².